The summed E-state index contributed by atoms with van der Waals surface area (Å²) in [6.07, 6.45) is 2.73. The SMILES string of the molecule is CCCCCCCOc1ccnc(-c2cc(C(F)(F)F)[nH]n2)c1. The van der Waals surface area contributed by atoms with Crippen molar-refractivity contribution in [1.29, 1.82) is 0 Å². The summed E-state index contributed by atoms with van der Waals surface area (Å²) in [5.41, 5.74) is -0.400. The molecule has 1 N–H and O–H groups in total. The Bertz CT molecular complexity index is 611. The van der Waals surface area contributed by atoms with Crippen LogP contribution in [0.3, 0.4) is 0 Å². The summed E-state index contributed by atoms with van der Waals surface area (Å²) in [5, 5.41) is 5.64. The van der Waals surface area contributed by atoms with E-state index in [0.29, 0.717) is 18.1 Å². The molecular formula is C16H20F3N3O. The molecule has 23 heavy (non-hydrogen) atoms. The molecule has 0 unspecified atom stereocenters. The average Bonchev–Trinajstić information content (AvgIpc) is 3.01. The highest BCUT2D eigenvalue weighted by Crippen LogP contribution is 2.30. The summed E-state index contributed by atoms with van der Waals surface area (Å²) in [4.78, 5) is 4.04. The number of ether oxygens (including phenoxy) is 1. The minimum atomic E-state index is -4.45. The van der Waals surface area contributed by atoms with Crippen LogP contribution in [0.4, 0.5) is 13.2 Å². The molecule has 2 heterocycles. The zero-order valence-corrected chi connectivity index (χ0v) is 13.0. The second kappa shape index (κ2) is 7.99. The molecule has 7 heteroatoms. The molecule has 0 aliphatic carbocycles. The van der Waals surface area contributed by atoms with E-state index in [0.717, 1.165) is 18.9 Å². The monoisotopic (exact) mass is 327 g/mol. The first-order valence-corrected chi connectivity index (χ1v) is 7.72. The Labute approximate surface area is 133 Å². The second-order valence-corrected chi connectivity index (χ2v) is 5.30. The standard InChI is InChI=1S/C16H20F3N3O/c1-2-3-4-5-6-9-23-12-7-8-20-13(10-12)14-11-15(22-21-14)16(17,18)19/h7-8,10-11H,2-6,9H2,1H3,(H,21,22). The molecule has 126 valence electrons. The summed E-state index contributed by atoms with van der Waals surface area (Å²) in [6.45, 7) is 2.75. The van der Waals surface area contributed by atoms with E-state index in [9.17, 15) is 13.2 Å². The predicted molar refractivity (Wildman–Crippen MR) is 81.1 cm³/mol. The lowest BCUT2D eigenvalue weighted by molar-refractivity contribution is -0.141. The van der Waals surface area contributed by atoms with Crippen LogP contribution < -0.4 is 4.74 Å². The summed E-state index contributed by atoms with van der Waals surface area (Å²) in [6, 6.07) is 4.23. The number of halogens is 3. The van der Waals surface area contributed by atoms with Crippen molar-refractivity contribution in [2.45, 2.75) is 45.2 Å². The Morgan fingerprint density at radius 3 is 2.57 bits per heavy atom. The fourth-order valence-corrected chi connectivity index (χ4v) is 2.13. The molecule has 0 bridgehead atoms. The summed E-state index contributed by atoms with van der Waals surface area (Å²) >= 11 is 0. The third-order valence-electron chi connectivity index (χ3n) is 3.39. The molecule has 2 aromatic heterocycles. The fraction of sp³-hybridized carbons (Fsp3) is 0.500. The number of hydrogen-bond donors (Lipinski definition) is 1. The van der Waals surface area contributed by atoms with Crippen molar-refractivity contribution in [1.82, 2.24) is 15.2 Å². The van der Waals surface area contributed by atoms with E-state index in [1.165, 1.54) is 25.5 Å². The fourth-order valence-electron chi connectivity index (χ4n) is 2.13. The number of unbranched alkanes of at least 4 members (excludes halogenated alkanes) is 4. The van der Waals surface area contributed by atoms with Gasteiger partial charge in [-0.25, -0.2) is 0 Å². The van der Waals surface area contributed by atoms with Crippen LogP contribution in [0.1, 0.15) is 44.7 Å². The summed E-state index contributed by atoms with van der Waals surface area (Å²) < 4.78 is 43.3. The van der Waals surface area contributed by atoms with Gasteiger partial charge < -0.3 is 4.74 Å². The van der Waals surface area contributed by atoms with Crippen molar-refractivity contribution in [3.8, 4) is 17.1 Å². The Hall–Kier alpha value is -2.05. The molecule has 0 aliphatic heterocycles. The minimum absolute atomic E-state index is 0.144. The summed E-state index contributed by atoms with van der Waals surface area (Å²) in [7, 11) is 0. The number of aromatic amines is 1. The number of alkyl halides is 3. The van der Waals surface area contributed by atoms with Gasteiger partial charge in [-0.3, -0.25) is 10.1 Å². The first-order chi connectivity index (χ1) is 11.0. The lowest BCUT2D eigenvalue weighted by Crippen LogP contribution is -2.04. The van der Waals surface area contributed by atoms with Gasteiger partial charge in [-0.15, -0.1) is 0 Å². The molecule has 0 saturated carbocycles. The van der Waals surface area contributed by atoms with Gasteiger partial charge in [0, 0.05) is 12.3 Å². The smallest absolute Gasteiger partial charge is 0.432 e. The quantitative estimate of drug-likeness (QED) is 0.706. The molecule has 4 nitrogen and oxygen atoms in total. The van der Waals surface area contributed by atoms with Crippen molar-refractivity contribution in [3.05, 3.63) is 30.1 Å². The maximum absolute atomic E-state index is 12.6. The van der Waals surface area contributed by atoms with Crippen LogP contribution in [0, 0.1) is 0 Å². The van der Waals surface area contributed by atoms with Crippen LogP contribution in [0.2, 0.25) is 0 Å². The molecule has 0 aromatic carbocycles. The first-order valence-electron chi connectivity index (χ1n) is 7.72. The van der Waals surface area contributed by atoms with Gasteiger partial charge >= 0.3 is 6.18 Å². The molecule has 0 radical (unpaired) electrons. The van der Waals surface area contributed by atoms with Crippen LogP contribution in [0.5, 0.6) is 5.75 Å². The first kappa shape index (κ1) is 17.3. The molecule has 0 amide bonds. The van der Waals surface area contributed by atoms with Gasteiger partial charge in [-0.2, -0.15) is 18.3 Å². The largest absolute Gasteiger partial charge is 0.493 e. The average molecular weight is 327 g/mol. The van der Waals surface area contributed by atoms with Crippen molar-refractivity contribution in [3.63, 3.8) is 0 Å². The Kier molecular flexibility index (Phi) is 6.01. The maximum atomic E-state index is 12.6. The van der Waals surface area contributed by atoms with Gasteiger partial charge in [0.15, 0.2) is 0 Å². The maximum Gasteiger partial charge on any atom is 0.432 e. The van der Waals surface area contributed by atoms with Gasteiger partial charge in [0.2, 0.25) is 0 Å². The van der Waals surface area contributed by atoms with E-state index in [4.69, 9.17) is 4.74 Å². The number of aromatic nitrogens is 3. The van der Waals surface area contributed by atoms with E-state index in [2.05, 4.69) is 17.0 Å². The Morgan fingerprint density at radius 1 is 1.09 bits per heavy atom. The molecule has 0 saturated heterocycles. The normalized spacial score (nSPS) is 11.7. The molecule has 0 atom stereocenters. The molecule has 2 rings (SSSR count). The Morgan fingerprint density at radius 2 is 1.87 bits per heavy atom. The number of nitrogens with one attached hydrogen (secondary N) is 1. The van der Waals surface area contributed by atoms with E-state index < -0.39 is 11.9 Å². The van der Waals surface area contributed by atoms with Crippen LogP contribution in [0.25, 0.3) is 11.4 Å². The zero-order chi connectivity index (χ0) is 16.7. The van der Waals surface area contributed by atoms with Crippen molar-refractivity contribution < 1.29 is 17.9 Å². The highest BCUT2D eigenvalue weighted by molar-refractivity contribution is 5.56. The summed E-state index contributed by atoms with van der Waals surface area (Å²) in [5.74, 6) is 0.585. The lowest BCUT2D eigenvalue weighted by atomic mass is 10.2. The van der Waals surface area contributed by atoms with Gasteiger partial charge in [-0.05, 0) is 18.6 Å². The van der Waals surface area contributed by atoms with Crippen LogP contribution in [-0.2, 0) is 6.18 Å². The van der Waals surface area contributed by atoms with E-state index in [1.807, 2.05) is 5.10 Å². The van der Waals surface area contributed by atoms with Crippen LogP contribution >= 0.6 is 0 Å². The van der Waals surface area contributed by atoms with Crippen LogP contribution in [0.15, 0.2) is 24.4 Å². The van der Waals surface area contributed by atoms with Gasteiger partial charge in [0.05, 0.1) is 12.3 Å². The highest BCUT2D eigenvalue weighted by Gasteiger charge is 2.33. The predicted octanol–water partition coefficient (Wildman–Crippen LogP) is 4.84. The van der Waals surface area contributed by atoms with Gasteiger partial charge in [0.25, 0.3) is 0 Å². The highest BCUT2D eigenvalue weighted by atomic mass is 19.4. The number of pyridine rings is 1. The number of rotatable bonds is 8. The van der Waals surface area contributed by atoms with Crippen molar-refractivity contribution in [2.24, 2.45) is 0 Å². The number of H-pyrrole nitrogens is 1. The molecular weight excluding hydrogens is 307 g/mol. The van der Waals surface area contributed by atoms with Gasteiger partial charge in [0.1, 0.15) is 17.1 Å². The van der Waals surface area contributed by atoms with E-state index in [-0.39, 0.29) is 5.69 Å². The Balaban J connectivity index is 1.93. The topological polar surface area (TPSA) is 50.8 Å². The third kappa shape index (κ3) is 5.26. The van der Waals surface area contributed by atoms with E-state index in [1.54, 1.807) is 12.1 Å². The third-order valence-corrected chi connectivity index (χ3v) is 3.39. The van der Waals surface area contributed by atoms with Crippen molar-refractivity contribution >= 4 is 0 Å². The van der Waals surface area contributed by atoms with Crippen LogP contribution in [-0.4, -0.2) is 21.8 Å². The van der Waals surface area contributed by atoms with Gasteiger partial charge in [-0.1, -0.05) is 32.6 Å². The molecule has 0 spiro atoms. The molecule has 0 fully saturated rings. The van der Waals surface area contributed by atoms with E-state index >= 15 is 0 Å². The molecule has 2 aromatic rings. The lowest BCUT2D eigenvalue weighted by Gasteiger charge is -2.06. The molecule has 0 aliphatic rings. The number of nitrogens with zero attached hydrogens (tertiary/aromatic N) is 2. The zero-order valence-electron chi connectivity index (χ0n) is 13.0. The second-order valence-electron chi connectivity index (χ2n) is 5.30. The minimum Gasteiger partial charge on any atom is -0.493 e. The van der Waals surface area contributed by atoms with Crippen molar-refractivity contribution in [2.75, 3.05) is 6.61 Å². The number of hydrogen-bond acceptors (Lipinski definition) is 3.